The van der Waals surface area contributed by atoms with Crippen LogP contribution in [0.25, 0.3) is 33.0 Å². The number of fused-ring (bicyclic) bond motifs is 2. The highest BCUT2D eigenvalue weighted by atomic mass is 16.4. The summed E-state index contributed by atoms with van der Waals surface area (Å²) in [6.07, 6.45) is 3.54. The van der Waals surface area contributed by atoms with Crippen LogP contribution in [0.3, 0.4) is 0 Å². The zero-order valence-electron chi connectivity index (χ0n) is 14.2. The van der Waals surface area contributed by atoms with Gasteiger partial charge < -0.3 is 19.4 Å². The smallest absolute Gasteiger partial charge is 0.335 e. The van der Waals surface area contributed by atoms with E-state index in [4.69, 9.17) is 4.42 Å². The van der Waals surface area contributed by atoms with Crippen LogP contribution >= 0.6 is 0 Å². The van der Waals surface area contributed by atoms with Crippen LogP contribution in [0.1, 0.15) is 20.7 Å². The summed E-state index contributed by atoms with van der Waals surface area (Å²) in [6.45, 7) is 0. The van der Waals surface area contributed by atoms with E-state index < -0.39 is 11.9 Å². The number of aromatic carboxylic acids is 1. The summed E-state index contributed by atoms with van der Waals surface area (Å²) in [7, 11) is 3.46. The molecule has 26 heavy (non-hydrogen) atoms. The molecule has 0 bridgehead atoms. The number of amides is 1. The summed E-state index contributed by atoms with van der Waals surface area (Å²) >= 11 is 0. The molecule has 2 heterocycles. The molecule has 0 saturated carbocycles. The van der Waals surface area contributed by atoms with E-state index in [2.05, 4.69) is 5.32 Å². The van der Waals surface area contributed by atoms with E-state index in [1.807, 2.05) is 42.1 Å². The second-order valence-corrected chi connectivity index (χ2v) is 6.10. The van der Waals surface area contributed by atoms with Crippen molar-refractivity contribution >= 4 is 33.7 Å². The van der Waals surface area contributed by atoms with Gasteiger partial charge in [-0.05, 0) is 29.8 Å². The number of nitrogens with one attached hydrogen (secondary N) is 1. The fourth-order valence-corrected chi connectivity index (χ4v) is 3.31. The lowest BCUT2D eigenvalue weighted by molar-refractivity contribution is 0.0697. The number of carbonyl (C=O) groups is 2. The summed E-state index contributed by atoms with van der Waals surface area (Å²) in [5.41, 5.74) is 3.35. The van der Waals surface area contributed by atoms with E-state index in [-0.39, 0.29) is 11.1 Å². The lowest BCUT2D eigenvalue weighted by atomic mass is 9.98. The van der Waals surface area contributed by atoms with Crippen molar-refractivity contribution in [3.63, 3.8) is 0 Å². The third-order valence-electron chi connectivity index (χ3n) is 4.61. The first kappa shape index (κ1) is 16.0. The van der Waals surface area contributed by atoms with Crippen molar-refractivity contribution in [2.75, 3.05) is 7.05 Å². The Balaban J connectivity index is 2.06. The number of hydrogen-bond acceptors (Lipinski definition) is 3. The van der Waals surface area contributed by atoms with E-state index in [9.17, 15) is 14.7 Å². The largest absolute Gasteiger partial charge is 0.478 e. The van der Waals surface area contributed by atoms with Crippen LogP contribution in [-0.4, -0.2) is 28.6 Å². The number of carboxylic acids is 1. The van der Waals surface area contributed by atoms with E-state index in [0.717, 1.165) is 22.0 Å². The van der Waals surface area contributed by atoms with Crippen molar-refractivity contribution < 1.29 is 19.1 Å². The second-order valence-electron chi connectivity index (χ2n) is 6.10. The molecule has 0 fully saturated rings. The number of rotatable bonds is 3. The molecule has 2 N–H and O–H groups in total. The highest BCUT2D eigenvalue weighted by molar-refractivity contribution is 6.12. The van der Waals surface area contributed by atoms with Gasteiger partial charge >= 0.3 is 5.97 Å². The molecule has 4 rings (SSSR count). The van der Waals surface area contributed by atoms with Crippen molar-refractivity contribution in [3.05, 3.63) is 60.0 Å². The van der Waals surface area contributed by atoms with Crippen LogP contribution in [-0.2, 0) is 7.05 Å². The molecule has 0 aliphatic heterocycles. The summed E-state index contributed by atoms with van der Waals surface area (Å²) in [5.74, 6) is -1.49. The SMILES string of the molecule is CNC(=O)c1cc(C(=O)O)cc2c(-c3cccc4c3ccn4C)coc12. The third kappa shape index (κ3) is 2.27. The maximum atomic E-state index is 12.2. The monoisotopic (exact) mass is 348 g/mol. The second kappa shape index (κ2) is 5.77. The first-order valence-electron chi connectivity index (χ1n) is 8.06. The van der Waals surface area contributed by atoms with E-state index in [0.29, 0.717) is 11.0 Å². The van der Waals surface area contributed by atoms with Gasteiger partial charge in [-0.1, -0.05) is 12.1 Å². The zero-order chi connectivity index (χ0) is 18.4. The predicted molar refractivity (Wildman–Crippen MR) is 98.5 cm³/mol. The Bertz CT molecular complexity index is 1180. The van der Waals surface area contributed by atoms with Crippen LogP contribution in [0.4, 0.5) is 0 Å². The van der Waals surface area contributed by atoms with Crippen molar-refractivity contribution in [3.8, 4) is 11.1 Å². The van der Waals surface area contributed by atoms with E-state index in [1.54, 1.807) is 12.3 Å². The summed E-state index contributed by atoms with van der Waals surface area (Å²) in [6, 6.07) is 10.8. The van der Waals surface area contributed by atoms with Gasteiger partial charge in [0.25, 0.3) is 5.91 Å². The number of nitrogens with zero attached hydrogens (tertiary/aromatic N) is 1. The molecule has 0 saturated heterocycles. The van der Waals surface area contributed by atoms with Gasteiger partial charge in [0, 0.05) is 42.1 Å². The minimum Gasteiger partial charge on any atom is -0.478 e. The number of carbonyl (C=O) groups excluding carboxylic acids is 1. The Hall–Kier alpha value is -3.54. The van der Waals surface area contributed by atoms with Gasteiger partial charge in [-0.25, -0.2) is 4.79 Å². The Morgan fingerprint density at radius 1 is 1.12 bits per heavy atom. The Morgan fingerprint density at radius 2 is 1.92 bits per heavy atom. The van der Waals surface area contributed by atoms with Gasteiger partial charge in [0.1, 0.15) is 5.58 Å². The molecule has 0 aliphatic carbocycles. The lowest BCUT2D eigenvalue weighted by Crippen LogP contribution is -2.18. The standard InChI is InChI=1S/C20H16N2O4/c1-21-19(23)15-9-11(20(24)25)8-14-16(10-26-18(14)15)12-4-3-5-17-13(12)6-7-22(17)2/h3-10H,1-2H3,(H,21,23)(H,24,25). The average Bonchev–Trinajstić information content (AvgIpc) is 3.24. The van der Waals surface area contributed by atoms with Crippen LogP contribution in [0, 0.1) is 0 Å². The highest BCUT2D eigenvalue weighted by Crippen LogP contribution is 2.37. The number of benzene rings is 2. The first-order chi connectivity index (χ1) is 12.5. The molecule has 0 atom stereocenters. The average molecular weight is 348 g/mol. The van der Waals surface area contributed by atoms with Crippen LogP contribution in [0.15, 0.2) is 53.3 Å². The number of aryl methyl sites for hydroxylation is 1. The molecule has 0 spiro atoms. The van der Waals surface area contributed by atoms with Gasteiger partial charge in [-0.2, -0.15) is 0 Å². The number of carboxylic acid groups (broad SMARTS) is 1. The third-order valence-corrected chi connectivity index (χ3v) is 4.61. The highest BCUT2D eigenvalue weighted by Gasteiger charge is 2.20. The van der Waals surface area contributed by atoms with Crippen LogP contribution in [0.5, 0.6) is 0 Å². The van der Waals surface area contributed by atoms with Crippen LogP contribution in [0.2, 0.25) is 0 Å². The van der Waals surface area contributed by atoms with E-state index in [1.165, 1.54) is 13.1 Å². The zero-order valence-corrected chi connectivity index (χ0v) is 14.2. The molecule has 130 valence electrons. The Morgan fingerprint density at radius 3 is 2.65 bits per heavy atom. The summed E-state index contributed by atoms with van der Waals surface area (Å²) in [4.78, 5) is 23.7. The topological polar surface area (TPSA) is 84.5 Å². The van der Waals surface area contributed by atoms with Crippen molar-refractivity contribution in [1.82, 2.24) is 9.88 Å². The minimum absolute atomic E-state index is 0.0407. The fourth-order valence-electron chi connectivity index (χ4n) is 3.31. The normalized spacial score (nSPS) is 11.2. The van der Waals surface area contributed by atoms with Crippen molar-refractivity contribution in [2.45, 2.75) is 0 Å². The lowest BCUT2D eigenvalue weighted by Gasteiger charge is -2.06. The van der Waals surface area contributed by atoms with Gasteiger partial charge in [0.2, 0.25) is 0 Å². The van der Waals surface area contributed by atoms with E-state index >= 15 is 0 Å². The van der Waals surface area contributed by atoms with Crippen LogP contribution < -0.4 is 5.32 Å². The molecule has 0 radical (unpaired) electrons. The molecule has 1 amide bonds. The van der Waals surface area contributed by atoms with Gasteiger partial charge in [0.15, 0.2) is 0 Å². The Kier molecular flexibility index (Phi) is 3.54. The summed E-state index contributed by atoms with van der Waals surface area (Å²) in [5, 5.41) is 13.6. The predicted octanol–water partition coefficient (Wildman–Crippen LogP) is 3.65. The summed E-state index contributed by atoms with van der Waals surface area (Å²) < 4.78 is 7.70. The fraction of sp³-hybridized carbons (Fsp3) is 0.100. The molecule has 2 aromatic carbocycles. The first-order valence-corrected chi connectivity index (χ1v) is 8.06. The van der Waals surface area contributed by atoms with Crippen molar-refractivity contribution in [2.24, 2.45) is 7.05 Å². The van der Waals surface area contributed by atoms with Gasteiger partial charge in [-0.3, -0.25) is 4.79 Å². The molecule has 6 heteroatoms. The quantitative estimate of drug-likeness (QED) is 0.592. The number of aromatic nitrogens is 1. The van der Waals surface area contributed by atoms with Gasteiger partial charge in [-0.15, -0.1) is 0 Å². The molecule has 2 aromatic heterocycles. The van der Waals surface area contributed by atoms with Gasteiger partial charge in [0.05, 0.1) is 17.4 Å². The number of hydrogen-bond donors (Lipinski definition) is 2. The molecular formula is C20H16N2O4. The molecular weight excluding hydrogens is 332 g/mol. The Labute approximate surface area is 148 Å². The molecule has 0 unspecified atom stereocenters. The molecule has 6 nitrogen and oxygen atoms in total. The molecule has 4 aromatic rings. The maximum absolute atomic E-state index is 12.2. The minimum atomic E-state index is -1.10. The molecule has 0 aliphatic rings. The van der Waals surface area contributed by atoms with Crippen molar-refractivity contribution in [1.29, 1.82) is 0 Å². The number of furan rings is 1. The maximum Gasteiger partial charge on any atom is 0.335 e.